The number of hydrogen-bond donors (Lipinski definition) is 0. The lowest BCUT2D eigenvalue weighted by Gasteiger charge is -2.34. The molecule has 0 radical (unpaired) electrons. The van der Waals surface area contributed by atoms with Gasteiger partial charge in [-0.3, -0.25) is 0 Å². The van der Waals surface area contributed by atoms with Crippen LogP contribution in [-0.2, 0) is 17.4 Å². The molecule has 0 aromatic rings. The van der Waals surface area contributed by atoms with E-state index in [9.17, 15) is 0 Å². The molecule has 4 nitrogen and oxygen atoms in total. The monoisotopic (exact) mass is 366 g/mol. The van der Waals surface area contributed by atoms with Gasteiger partial charge >= 0.3 is 8.80 Å². The summed E-state index contributed by atoms with van der Waals surface area (Å²) in [5.74, 6) is 0. The average Bonchev–Trinajstić information content (AvgIpc) is 2.43. The lowest BCUT2D eigenvalue weighted by Crippen LogP contribution is -2.45. The predicted octanol–water partition coefficient (Wildman–Crippen LogP) is 4.87. The van der Waals surface area contributed by atoms with Crippen LogP contribution >= 0.6 is 0 Å². The molecule has 0 saturated carbocycles. The van der Waals surface area contributed by atoms with Gasteiger partial charge in [-0.1, -0.05) is 26.2 Å². The van der Waals surface area contributed by atoms with Crippen molar-refractivity contribution in [2.45, 2.75) is 76.9 Å². The summed E-state index contributed by atoms with van der Waals surface area (Å²) in [6.07, 6.45) is 4.97. The molecule has 134 valence electrons. The van der Waals surface area contributed by atoms with Crippen LogP contribution in [0.1, 0.15) is 32.6 Å². The normalized spacial score (nSPS) is 13.6. The third kappa shape index (κ3) is 8.95. The summed E-state index contributed by atoms with van der Waals surface area (Å²) in [6.45, 7) is 11.7. The largest absolute Gasteiger partial charge is 0.500 e. The van der Waals surface area contributed by atoms with E-state index in [0.29, 0.717) is 0 Å². The highest BCUT2D eigenvalue weighted by Gasteiger charge is 2.39. The number of rotatable bonds is 13. The Morgan fingerprint density at radius 2 is 1.09 bits per heavy atom. The van der Waals surface area contributed by atoms with Gasteiger partial charge < -0.3 is 17.4 Å². The molecule has 7 heteroatoms. The van der Waals surface area contributed by atoms with Crippen LogP contribution in [0.4, 0.5) is 0 Å². The molecule has 0 bridgehead atoms. The topological polar surface area (TPSA) is 36.9 Å². The van der Waals surface area contributed by atoms with Gasteiger partial charge in [-0.2, -0.15) is 0 Å². The van der Waals surface area contributed by atoms with Crippen molar-refractivity contribution in [2.75, 3.05) is 21.3 Å². The molecule has 0 rings (SSSR count). The van der Waals surface area contributed by atoms with Crippen molar-refractivity contribution in [2.24, 2.45) is 0 Å². The highest BCUT2D eigenvalue weighted by molar-refractivity contribution is 6.84. The van der Waals surface area contributed by atoms with Crippen LogP contribution in [0.2, 0.25) is 44.3 Å². The Hall–Kier alpha value is 0.491. The van der Waals surface area contributed by atoms with E-state index >= 15 is 0 Å². The molecular weight excluding hydrogens is 328 g/mol. The Morgan fingerprint density at radius 1 is 0.636 bits per heavy atom. The fourth-order valence-electron chi connectivity index (χ4n) is 2.94. The first-order valence-electron chi connectivity index (χ1n) is 8.51. The molecule has 0 spiro atoms. The van der Waals surface area contributed by atoms with Gasteiger partial charge in [0.1, 0.15) is 0 Å². The van der Waals surface area contributed by atoms with Gasteiger partial charge in [-0.15, -0.1) is 0 Å². The molecule has 0 aliphatic carbocycles. The van der Waals surface area contributed by atoms with E-state index in [1.807, 2.05) is 0 Å². The summed E-state index contributed by atoms with van der Waals surface area (Å²) >= 11 is 0. The molecule has 22 heavy (non-hydrogen) atoms. The molecule has 0 atom stereocenters. The molecule has 0 saturated heterocycles. The van der Waals surface area contributed by atoms with Crippen molar-refractivity contribution >= 4 is 25.4 Å². The SMILES string of the molecule is CCCCC[Si](C)(C)O[Si](C)(C)CCC[Si](OC)(OC)OC. The molecule has 0 aliphatic heterocycles. The van der Waals surface area contributed by atoms with Gasteiger partial charge in [0, 0.05) is 27.4 Å². The van der Waals surface area contributed by atoms with Crippen molar-refractivity contribution in [3.8, 4) is 0 Å². The molecular formula is C15H38O4Si3. The lowest BCUT2D eigenvalue weighted by atomic mass is 10.3. The highest BCUT2D eigenvalue weighted by atomic mass is 28.4. The minimum absolute atomic E-state index is 0.869. The third-order valence-electron chi connectivity index (χ3n) is 4.13. The summed E-state index contributed by atoms with van der Waals surface area (Å²) in [7, 11) is -0.513. The number of unbranched alkanes of at least 4 members (excludes halogenated alkanes) is 2. The summed E-state index contributed by atoms with van der Waals surface area (Å²) in [4.78, 5) is 0. The first-order valence-corrected chi connectivity index (χ1v) is 16.7. The van der Waals surface area contributed by atoms with Crippen LogP contribution in [0.25, 0.3) is 0 Å². The smallest absolute Gasteiger partial charge is 0.455 e. The Bertz CT molecular complexity index is 286. The zero-order chi connectivity index (χ0) is 17.3. The van der Waals surface area contributed by atoms with Crippen molar-refractivity contribution in [1.82, 2.24) is 0 Å². The quantitative estimate of drug-likeness (QED) is 0.344. The molecule has 0 aromatic heterocycles. The van der Waals surface area contributed by atoms with E-state index in [1.165, 1.54) is 25.3 Å². The maximum absolute atomic E-state index is 6.66. The predicted molar refractivity (Wildman–Crippen MR) is 101 cm³/mol. The molecule has 0 aliphatic rings. The molecule has 0 unspecified atom stereocenters. The summed E-state index contributed by atoms with van der Waals surface area (Å²) in [5.41, 5.74) is 0. The average molecular weight is 367 g/mol. The fourth-order valence-corrected chi connectivity index (χ4v) is 13.9. The van der Waals surface area contributed by atoms with Crippen LogP contribution in [0.3, 0.4) is 0 Å². The molecule has 0 amide bonds. The second-order valence-electron chi connectivity index (χ2n) is 7.23. The zero-order valence-electron chi connectivity index (χ0n) is 16.1. The van der Waals surface area contributed by atoms with Gasteiger partial charge in [-0.25, -0.2) is 0 Å². The molecule has 0 N–H and O–H groups in total. The molecule has 0 fully saturated rings. The van der Waals surface area contributed by atoms with Crippen LogP contribution in [-0.4, -0.2) is 46.8 Å². The number of hydrogen-bond acceptors (Lipinski definition) is 4. The van der Waals surface area contributed by atoms with E-state index < -0.39 is 25.4 Å². The van der Waals surface area contributed by atoms with E-state index in [0.717, 1.165) is 18.5 Å². The first-order chi connectivity index (χ1) is 10.2. The third-order valence-corrected chi connectivity index (χ3v) is 14.5. The Kier molecular flexibility index (Phi) is 10.6. The van der Waals surface area contributed by atoms with Gasteiger partial charge in [0.05, 0.1) is 0 Å². The Balaban J connectivity index is 4.33. The van der Waals surface area contributed by atoms with Gasteiger partial charge in [0.2, 0.25) is 0 Å². The summed E-state index contributed by atoms with van der Waals surface area (Å²) in [6, 6.07) is 3.29. The van der Waals surface area contributed by atoms with Crippen LogP contribution < -0.4 is 0 Å². The standard InChI is InChI=1S/C15H38O4Si3/c1-9-10-11-13-20(5,6)19-21(7,8)14-12-15-22(16-2,17-3)18-4/h9-15H2,1-8H3. The van der Waals surface area contributed by atoms with Crippen molar-refractivity contribution in [1.29, 1.82) is 0 Å². The minimum atomic E-state index is -2.42. The van der Waals surface area contributed by atoms with Crippen molar-refractivity contribution in [3.05, 3.63) is 0 Å². The van der Waals surface area contributed by atoms with E-state index in [4.69, 9.17) is 17.4 Å². The Morgan fingerprint density at radius 3 is 1.50 bits per heavy atom. The maximum Gasteiger partial charge on any atom is 0.500 e. The second kappa shape index (κ2) is 10.4. The molecule has 0 heterocycles. The zero-order valence-corrected chi connectivity index (χ0v) is 19.1. The Labute approximate surface area is 141 Å². The second-order valence-corrected chi connectivity index (χ2v) is 19.2. The minimum Gasteiger partial charge on any atom is -0.455 e. The van der Waals surface area contributed by atoms with Crippen LogP contribution in [0, 0.1) is 0 Å². The van der Waals surface area contributed by atoms with Crippen LogP contribution in [0.5, 0.6) is 0 Å². The van der Waals surface area contributed by atoms with E-state index in [2.05, 4.69) is 33.1 Å². The maximum atomic E-state index is 6.66. The van der Waals surface area contributed by atoms with E-state index in [-0.39, 0.29) is 0 Å². The first kappa shape index (κ1) is 22.5. The van der Waals surface area contributed by atoms with Crippen molar-refractivity contribution in [3.63, 3.8) is 0 Å². The summed E-state index contributed by atoms with van der Waals surface area (Å²) < 4.78 is 23.1. The molecule has 0 aromatic carbocycles. The van der Waals surface area contributed by atoms with Gasteiger partial charge in [0.15, 0.2) is 16.6 Å². The van der Waals surface area contributed by atoms with Crippen molar-refractivity contribution < 1.29 is 17.4 Å². The lowest BCUT2D eigenvalue weighted by molar-refractivity contribution is 0.123. The fraction of sp³-hybridized carbons (Fsp3) is 1.00. The van der Waals surface area contributed by atoms with Crippen LogP contribution in [0.15, 0.2) is 0 Å². The highest BCUT2D eigenvalue weighted by Crippen LogP contribution is 2.27. The van der Waals surface area contributed by atoms with Gasteiger partial charge in [0.25, 0.3) is 0 Å². The summed E-state index contributed by atoms with van der Waals surface area (Å²) in [5, 5.41) is 0. The van der Waals surface area contributed by atoms with Gasteiger partial charge in [-0.05, 0) is 44.7 Å². The van der Waals surface area contributed by atoms with E-state index in [1.54, 1.807) is 21.3 Å².